The van der Waals surface area contributed by atoms with E-state index in [1.54, 1.807) is 11.3 Å². The molecule has 0 saturated carbocycles. The lowest BCUT2D eigenvalue weighted by Gasteiger charge is -2.13. The number of ether oxygens (including phenoxy) is 1. The van der Waals surface area contributed by atoms with Crippen molar-refractivity contribution in [3.05, 3.63) is 45.1 Å². The minimum absolute atomic E-state index is 0.739. The fraction of sp³-hybridized carbons (Fsp3) is 0.333. The van der Waals surface area contributed by atoms with Crippen LogP contribution in [0.5, 0.6) is 5.75 Å². The summed E-state index contributed by atoms with van der Waals surface area (Å²) in [6.07, 6.45) is 1.01. The Hall–Kier alpha value is -1.19. The van der Waals surface area contributed by atoms with Gasteiger partial charge in [0, 0.05) is 11.4 Å². The second-order valence-electron chi connectivity index (χ2n) is 4.41. The smallest absolute Gasteiger partial charge is 0.142 e. The second-order valence-corrected chi connectivity index (χ2v) is 6.21. The van der Waals surface area contributed by atoms with Crippen molar-refractivity contribution in [3.8, 4) is 5.75 Å². The third kappa shape index (κ3) is 4.15. The van der Waals surface area contributed by atoms with Gasteiger partial charge in [-0.05, 0) is 43.2 Å². The first-order chi connectivity index (χ1) is 9.19. The first-order valence-corrected chi connectivity index (χ1v) is 7.60. The molecule has 2 rings (SSSR count). The molecule has 0 unspecified atom stereocenters. The average Bonchev–Trinajstić information content (AvgIpc) is 2.81. The molecule has 0 bridgehead atoms. The maximum atomic E-state index is 5.93. The van der Waals surface area contributed by atoms with Crippen molar-refractivity contribution >= 4 is 28.6 Å². The number of halogens is 1. The second kappa shape index (κ2) is 6.83. The molecule has 0 fully saturated rings. The molecule has 4 heteroatoms. The Morgan fingerprint density at radius 1 is 1.26 bits per heavy atom. The van der Waals surface area contributed by atoms with E-state index >= 15 is 0 Å². The van der Waals surface area contributed by atoms with Crippen LogP contribution in [-0.2, 0) is 6.54 Å². The van der Waals surface area contributed by atoms with Crippen LogP contribution in [-0.4, -0.2) is 6.61 Å². The van der Waals surface area contributed by atoms with E-state index in [4.69, 9.17) is 16.3 Å². The third-order valence-corrected chi connectivity index (χ3v) is 3.91. The Morgan fingerprint density at radius 2 is 2.11 bits per heavy atom. The van der Waals surface area contributed by atoms with Crippen LogP contribution in [0.3, 0.4) is 0 Å². The van der Waals surface area contributed by atoms with Gasteiger partial charge in [-0.15, -0.1) is 11.3 Å². The van der Waals surface area contributed by atoms with E-state index in [0.717, 1.165) is 35.3 Å². The number of aryl methyl sites for hydroxylation is 1. The molecule has 1 N–H and O–H groups in total. The van der Waals surface area contributed by atoms with Gasteiger partial charge in [0.2, 0.25) is 0 Å². The summed E-state index contributed by atoms with van der Waals surface area (Å²) >= 11 is 7.52. The van der Waals surface area contributed by atoms with Crippen molar-refractivity contribution in [1.82, 2.24) is 0 Å². The van der Waals surface area contributed by atoms with Gasteiger partial charge < -0.3 is 10.1 Å². The number of hydrogen-bond acceptors (Lipinski definition) is 3. The average molecular weight is 296 g/mol. The van der Waals surface area contributed by atoms with Crippen molar-refractivity contribution in [2.24, 2.45) is 0 Å². The lowest BCUT2D eigenvalue weighted by Crippen LogP contribution is -2.03. The van der Waals surface area contributed by atoms with Crippen LogP contribution in [0.2, 0.25) is 4.34 Å². The van der Waals surface area contributed by atoms with Crippen LogP contribution in [0.4, 0.5) is 5.69 Å². The monoisotopic (exact) mass is 295 g/mol. The summed E-state index contributed by atoms with van der Waals surface area (Å²) in [7, 11) is 0. The predicted molar refractivity (Wildman–Crippen MR) is 83.6 cm³/mol. The minimum Gasteiger partial charge on any atom is -0.491 e. The number of hydrogen-bond donors (Lipinski definition) is 1. The van der Waals surface area contributed by atoms with Gasteiger partial charge in [-0.2, -0.15) is 0 Å². The largest absolute Gasteiger partial charge is 0.491 e. The molecule has 0 amide bonds. The summed E-state index contributed by atoms with van der Waals surface area (Å²) in [6, 6.07) is 10.2. The van der Waals surface area contributed by atoms with Gasteiger partial charge in [-0.3, -0.25) is 0 Å². The van der Waals surface area contributed by atoms with Crippen LogP contribution >= 0.6 is 22.9 Å². The lowest BCUT2D eigenvalue weighted by molar-refractivity contribution is 0.318. The third-order valence-electron chi connectivity index (χ3n) is 2.68. The molecule has 0 aliphatic heterocycles. The predicted octanol–water partition coefficient (Wildman–Crippen LogP) is 5.11. The molecule has 2 aromatic rings. The van der Waals surface area contributed by atoms with E-state index < -0.39 is 0 Å². The molecule has 1 aromatic carbocycles. The fourth-order valence-corrected chi connectivity index (χ4v) is 2.76. The van der Waals surface area contributed by atoms with Crippen LogP contribution in [0.25, 0.3) is 0 Å². The summed E-state index contributed by atoms with van der Waals surface area (Å²) < 4.78 is 6.60. The van der Waals surface area contributed by atoms with Crippen molar-refractivity contribution in [1.29, 1.82) is 0 Å². The number of rotatable bonds is 6. The first-order valence-electron chi connectivity index (χ1n) is 6.40. The Morgan fingerprint density at radius 3 is 2.79 bits per heavy atom. The van der Waals surface area contributed by atoms with Gasteiger partial charge in [0.1, 0.15) is 5.75 Å². The SMILES string of the molecule is CCCOc1cc(C)ccc1NCc1ccc(Cl)s1. The summed E-state index contributed by atoms with van der Waals surface area (Å²) in [5.74, 6) is 0.921. The van der Waals surface area contributed by atoms with Crippen molar-refractivity contribution in [2.75, 3.05) is 11.9 Å². The number of benzene rings is 1. The van der Waals surface area contributed by atoms with E-state index in [-0.39, 0.29) is 0 Å². The molecule has 0 spiro atoms. The molecular formula is C15H18ClNOS. The summed E-state index contributed by atoms with van der Waals surface area (Å²) in [5.41, 5.74) is 2.24. The van der Waals surface area contributed by atoms with Gasteiger partial charge in [-0.1, -0.05) is 24.6 Å². The van der Waals surface area contributed by atoms with Gasteiger partial charge in [0.05, 0.1) is 16.6 Å². The Bertz CT molecular complexity index is 539. The van der Waals surface area contributed by atoms with E-state index in [1.807, 2.05) is 12.1 Å². The van der Waals surface area contributed by atoms with Crippen LogP contribution in [0, 0.1) is 6.92 Å². The van der Waals surface area contributed by atoms with Crippen LogP contribution < -0.4 is 10.1 Å². The van der Waals surface area contributed by atoms with Crippen molar-refractivity contribution < 1.29 is 4.74 Å². The topological polar surface area (TPSA) is 21.3 Å². The zero-order chi connectivity index (χ0) is 13.7. The normalized spacial score (nSPS) is 10.5. The molecule has 0 atom stereocenters. The summed E-state index contributed by atoms with van der Waals surface area (Å²) in [5, 5.41) is 3.41. The van der Waals surface area contributed by atoms with Gasteiger partial charge in [0.15, 0.2) is 0 Å². The zero-order valence-electron chi connectivity index (χ0n) is 11.2. The number of nitrogens with one attached hydrogen (secondary N) is 1. The van der Waals surface area contributed by atoms with E-state index in [0.29, 0.717) is 0 Å². The van der Waals surface area contributed by atoms with Gasteiger partial charge >= 0.3 is 0 Å². The first kappa shape index (κ1) is 14.2. The standard InChI is InChI=1S/C15H18ClNOS/c1-3-8-18-14-9-11(2)4-6-13(14)17-10-12-5-7-15(16)19-12/h4-7,9,17H,3,8,10H2,1-2H3. The zero-order valence-corrected chi connectivity index (χ0v) is 12.8. The number of thiophene rings is 1. The number of anilines is 1. The van der Waals surface area contributed by atoms with Gasteiger partial charge in [0.25, 0.3) is 0 Å². The lowest BCUT2D eigenvalue weighted by atomic mass is 10.2. The Kier molecular flexibility index (Phi) is 5.11. The Labute approximate surface area is 123 Å². The summed E-state index contributed by atoms with van der Waals surface area (Å²) in [4.78, 5) is 1.21. The Balaban J connectivity index is 2.05. The van der Waals surface area contributed by atoms with Crippen molar-refractivity contribution in [2.45, 2.75) is 26.8 Å². The van der Waals surface area contributed by atoms with E-state index in [9.17, 15) is 0 Å². The van der Waals surface area contributed by atoms with Crippen LogP contribution in [0.1, 0.15) is 23.8 Å². The maximum Gasteiger partial charge on any atom is 0.142 e. The molecule has 0 aliphatic carbocycles. The maximum absolute atomic E-state index is 5.93. The molecule has 19 heavy (non-hydrogen) atoms. The highest BCUT2D eigenvalue weighted by atomic mass is 35.5. The molecule has 0 radical (unpaired) electrons. The summed E-state index contributed by atoms with van der Waals surface area (Å²) in [6.45, 7) is 5.68. The molecular weight excluding hydrogens is 278 g/mol. The molecule has 1 aromatic heterocycles. The molecule has 0 aliphatic rings. The minimum atomic E-state index is 0.739. The van der Waals surface area contributed by atoms with E-state index in [1.165, 1.54) is 10.4 Å². The molecule has 0 saturated heterocycles. The highest BCUT2D eigenvalue weighted by Crippen LogP contribution is 2.28. The molecule has 2 nitrogen and oxygen atoms in total. The molecule has 1 heterocycles. The fourth-order valence-electron chi connectivity index (χ4n) is 1.74. The van der Waals surface area contributed by atoms with Crippen molar-refractivity contribution in [3.63, 3.8) is 0 Å². The van der Waals surface area contributed by atoms with Crippen LogP contribution in [0.15, 0.2) is 30.3 Å². The highest BCUT2D eigenvalue weighted by molar-refractivity contribution is 7.16. The highest BCUT2D eigenvalue weighted by Gasteiger charge is 2.05. The van der Waals surface area contributed by atoms with Gasteiger partial charge in [-0.25, -0.2) is 0 Å². The molecule has 102 valence electrons. The quantitative estimate of drug-likeness (QED) is 0.799. The van der Waals surface area contributed by atoms with E-state index in [2.05, 4.69) is 37.4 Å².